The molecule has 3 fully saturated rings. The van der Waals surface area contributed by atoms with Gasteiger partial charge in [0.2, 0.25) is 0 Å². The molecule has 0 aromatic heterocycles. The number of aliphatic hydroxyl groups excluding tert-OH is 1. The van der Waals surface area contributed by atoms with Crippen LogP contribution in [0.5, 0.6) is 0 Å². The summed E-state index contributed by atoms with van der Waals surface area (Å²) < 4.78 is 0. The molecule has 5 unspecified atom stereocenters. The monoisotopic (exact) mass is 264 g/mol. The molecule has 3 N–H and O–H groups in total. The third kappa shape index (κ3) is 1.29. The van der Waals surface area contributed by atoms with Crippen molar-refractivity contribution < 1.29 is 5.11 Å². The van der Waals surface area contributed by atoms with E-state index in [2.05, 4.69) is 4.90 Å². The van der Waals surface area contributed by atoms with Crippen LogP contribution >= 0.6 is 11.6 Å². The highest BCUT2D eigenvalue weighted by Crippen LogP contribution is 2.56. The van der Waals surface area contributed by atoms with Crippen LogP contribution in [0.15, 0.2) is 18.2 Å². The van der Waals surface area contributed by atoms with E-state index in [1.54, 1.807) is 6.07 Å². The molecule has 3 aliphatic rings. The number of aliphatic hydroxyl groups is 1. The predicted molar refractivity (Wildman–Crippen MR) is 72.7 cm³/mol. The lowest BCUT2D eigenvalue weighted by Crippen LogP contribution is -2.40. The molecule has 2 saturated carbocycles. The number of nitrogens with two attached hydrogens (primary N) is 1. The van der Waals surface area contributed by atoms with E-state index in [4.69, 9.17) is 17.3 Å². The number of hydrogen-bond donors (Lipinski definition) is 2. The standard InChI is InChI=1S/C14H17ClN2O/c15-11-5-9(16)1-2-12(11)17-6-8-3-7-4-10(8)13(17)14(7)18/h1-2,5,7-8,10,13-14,18H,3-4,6,16H2. The fourth-order valence-electron chi connectivity index (χ4n) is 4.45. The van der Waals surface area contributed by atoms with Gasteiger partial charge < -0.3 is 15.7 Å². The zero-order chi connectivity index (χ0) is 12.4. The maximum atomic E-state index is 10.4. The van der Waals surface area contributed by atoms with E-state index in [0.717, 1.165) is 18.2 Å². The lowest BCUT2D eigenvalue weighted by molar-refractivity contribution is 0.0967. The molecule has 5 atom stereocenters. The van der Waals surface area contributed by atoms with Crippen molar-refractivity contribution in [2.45, 2.75) is 25.0 Å². The summed E-state index contributed by atoms with van der Waals surface area (Å²) in [5.74, 6) is 1.93. The number of nitrogen functional groups attached to an aromatic ring is 1. The molecule has 18 heavy (non-hydrogen) atoms. The van der Waals surface area contributed by atoms with E-state index in [-0.39, 0.29) is 12.1 Å². The number of nitrogens with zero attached hydrogens (tertiary/aromatic N) is 1. The molecule has 0 amide bonds. The number of anilines is 2. The van der Waals surface area contributed by atoms with E-state index >= 15 is 0 Å². The summed E-state index contributed by atoms with van der Waals surface area (Å²) in [7, 11) is 0. The lowest BCUT2D eigenvalue weighted by Gasteiger charge is -2.31. The van der Waals surface area contributed by atoms with Gasteiger partial charge in [-0.1, -0.05) is 11.6 Å². The summed E-state index contributed by atoms with van der Waals surface area (Å²) >= 11 is 6.31. The Morgan fingerprint density at radius 2 is 2.11 bits per heavy atom. The number of hydrogen-bond acceptors (Lipinski definition) is 3. The first kappa shape index (κ1) is 10.9. The van der Waals surface area contributed by atoms with Gasteiger partial charge in [-0.05, 0) is 48.8 Å². The van der Waals surface area contributed by atoms with E-state index in [1.165, 1.54) is 12.8 Å². The minimum atomic E-state index is -0.178. The van der Waals surface area contributed by atoms with Crippen LogP contribution in [0.1, 0.15) is 12.8 Å². The van der Waals surface area contributed by atoms with Crippen LogP contribution in [0.2, 0.25) is 5.02 Å². The van der Waals surface area contributed by atoms with E-state index in [9.17, 15) is 5.11 Å². The van der Waals surface area contributed by atoms with Crippen LogP contribution in [0.25, 0.3) is 0 Å². The molecule has 1 aromatic carbocycles. The van der Waals surface area contributed by atoms with Gasteiger partial charge in [-0.3, -0.25) is 0 Å². The van der Waals surface area contributed by atoms with Crippen LogP contribution in [0.3, 0.4) is 0 Å². The molecule has 1 saturated heterocycles. The molecule has 3 nitrogen and oxygen atoms in total. The molecular formula is C14H17ClN2O. The first-order valence-corrected chi connectivity index (χ1v) is 7.02. The average molecular weight is 265 g/mol. The second-order valence-electron chi connectivity index (χ2n) is 6.00. The Hall–Kier alpha value is -0.930. The minimum absolute atomic E-state index is 0.178. The van der Waals surface area contributed by atoms with E-state index in [0.29, 0.717) is 22.5 Å². The fourth-order valence-corrected chi connectivity index (χ4v) is 4.74. The Morgan fingerprint density at radius 3 is 2.83 bits per heavy atom. The summed E-state index contributed by atoms with van der Waals surface area (Å²) in [6.07, 6.45) is 2.20. The van der Waals surface area contributed by atoms with Gasteiger partial charge in [-0.25, -0.2) is 0 Å². The highest BCUT2D eigenvalue weighted by Gasteiger charge is 2.59. The molecule has 2 bridgehead atoms. The highest BCUT2D eigenvalue weighted by atomic mass is 35.5. The largest absolute Gasteiger partial charge is 0.399 e. The van der Waals surface area contributed by atoms with Crippen molar-refractivity contribution in [3.63, 3.8) is 0 Å². The first-order chi connectivity index (χ1) is 8.65. The van der Waals surface area contributed by atoms with Crippen molar-refractivity contribution in [1.82, 2.24) is 0 Å². The zero-order valence-corrected chi connectivity index (χ0v) is 10.8. The smallest absolute Gasteiger partial charge is 0.0774 e. The Labute approximate surface area is 112 Å². The number of halogens is 1. The molecule has 1 heterocycles. The maximum Gasteiger partial charge on any atom is 0.0774 e. The number of fused-ring (bicyclic) bond motifs is 1. The lowest BCUT2D eigenvalue weighted by atomic mass is 9.88. The second kappa shape index (κ2) is 3.55. The zero-order valence-electron chi connectivity index (χ0n) is 10.1. The van der Waals surface area contributed by atoms with Gasteiger partial charge in [0.15, 0.2) is 0 Å². The minimum Gasteiger partial charge on any atom is -0.399 e. The number of benzene rings is 1. The van der Waals surface area contributed by atoms with Gasteiger partial charge in [-0.15, -0.1) is 0 Å². The molecule has 0 spiro atoms. The van der Waals surface area contributed by atoms with Gasteiger partial charge in [0.1, 0.15) is 0 Å². The molecule has 2 aliphatic carbocycles. The fraction of sp³-hybridized carbons (Fsp3) is 0.571. The molecular weight excluding hydrogens is 248 g/mol. The van der Waals surface area contributed by atoms with E-state index in [1.807, 2.05) is 12.1 Å². The van der Waals surface area contributed by atoms with Crippen LogP contribution in [0.4, 0.5) is 11.4 Å². The van der Waals surface area contributed by atoms with Crippen LogP contribution in [0, 0.1) is 17.8 Å². The van der Waals surface area contributed by atoms with Crippen molar-refractivity contribution in [3.05, 3.63) is 23.2 Å². The van der Waals surface area contributed by atoms with Crippen molar-refractivity contribution in [3.8, 4) is 0 Å². The van der Waals surface area contributed by atoms with Gasteiger partial charge in [0, 0.05) is 12.2 Å². The Morgan fingerprint density at radius 1 is 1.28 bits per heavy atom. The summed E-state index contributed by atoms with van der Waals surface area (Å²) in [4.78, 5) is 2.31. The normalized spacial score (nSPS) is 40.8. The van der Waals surface area contributed by atoms with Gasteiger partial charge in [0.05, 0.1) is 22.9 Å². The van der Waals surface area contributed by atoms with Crippen LogP contribution in [-0.4, -0.2) is 23.8 Å². The summed E-state index contributed by atoms with van der Waals surface area (Å²) in [5.41, 5.74) is 7.47. The van der Waals surface area contributed by atoms with Crippen molar-refractivity contribution in [2.24, 2.45) is 17.8 Å². The van der Waals surface area contributed by atoms with Crippen LogP contribution in [-0.2, 0) is 0 Å². The van der Waals surface area contributed by atoms with Gasteiger partial charge in [0.25, 0.3) is 0 Å². The average Bonchev–Trinajstić information content (AvgIpc) is 2.90. The second-order valence-corrected chi connectivity index (χ2v) is 6.41. The van der Waals surface area contributed by atoms with E-state index < -0.39 is 0 Å². The van der Waals surface area contributed by atoms with Gasteiger partial charge >= 0.3 is 0 Å². The predicted octanol–water partition coefficient (Wildman–Crippen LogP) is 2.13. The van der Waals surface area contributed by atoms with Crippen LogP contribution < -0.4 is 10.6 Å². The number of rotatable bonds is 1. The quantitative estimate of drug-likeness (QED) is 0.764. The Bertz CT molecular complexity index is 505. The van der Waals surface area contributed by atoms with Gasteiger partial charge in [-0.2, -0.15) is 0 Å². The first-order valence-electron chi connectivity index (χ1n) is 6.65. The topological polar surface area (TPSA) is 49.5 Å². The maximum absolute atomic E-state index is 10.4. The Balaban J connectivity index is 1.74. The molecule has 0 radical (unpaired) electrons. The summed E-state index contributed by atoms with van der Waals surface area (Å²) in [5, 5.41) is 11.1. The highest BCUT2D eigenvalue weighted by molar-refractivity contribution is 6.33. The molecule has 4 rings (SSSR count). The SMILES string of the molecule is Nc1ccc(N2CC3CC4CC3C2C4O)c(Cl)c1. The molecule has 96 valence electrons. The third-order valence-corrected chi connectivity index (χ3v) is 5.43. The van der Waals surface area contributed by atoms with Crippen molar-refractivity contribution in [1.29, 1.82) is 0 Å². The summed E-state index contributed by atoms with van der Waals surface area (Å²) in [6, 6.07) is 5.95. The molecule has 1 aromatic rings. The summed E-state index contributed by atoms with van der Waals surface area (Å²) in [6.45, 7) is 1.03. The third-order valence-electron chi connectivity index (χ3n) is 5.13. The molecule has 4 heteroatoms. The van der Waals surface area contributed by atoms with Crippen molar-refractivity contribution >= 4 is 23.0 Å². The Kier molecular flexibility index (Phi) is 2.16. The molecule has 1 aliphatic heterocycles. The van der Waals surface area contributed by atoms with Crippen molar-refractivity contribution in [2.75, 3.05) is 17.2 Å².